The van der Waals surface area contributed by atoms with Crippen molar-refractivity contribution in [1.29, 1.82) is 0 Å². The molecule has 0 aromatic heterocycles. The molecule has 0 bridgehead atoms. The van der Waals surface area contributed by atoms with E-state index in [0.29, 0.717) is 6.42 Å². The van der Waals surface area contributed by atoms with E-state index in [1.807, 2.05) is 6.92 Å². The van der Waals surface area contributed by atoms with Crippen molar-refractivity contribution < 1.29 is 70.0 Å². The maximum Gasteiger partial charge on any atom is 0.187 e. The Morgan fingerprint density at radius 2 is 1.27 bits per heavy atom. The van der Waals surface area contributed by atoms with Crippen LogP contribution in [0, 0.1) is 50.2 Å². The predicted octanol–water partition coefficient (Wildman–Crippen LogP) is 0.731. The van der Waals surface area contributed by atoms with E-state index in [2.05, 4.69) is 47.6 Å². The molecule has 0 aromatic rings. The molecule has 7 aliphatic rings. The van der Waals surface area contributed by atoms with Gasteiger partial charge in [-0.1, -0.05) is 60.1 Å². The average molecular weight is 799 g/mol. The lowest BCUT2D eigenvalue weighted by Gasteiger charge is -2.72. The molecule has 0 amide bonds. The normalized spacial score (nSPS) is 56.9. The molecule has 10 N–H and O–H groups in total. The van der Waals surface area contributed by atoms with Crippen LogP contribution >= 0.6 is 0 Å². The minimum Gasteiger partial charge on any atom is -0.396 e. The van der Waals surface area contributed by atoms with Crippen LogP contribution in [0.2, 0.25) is 0 Å². The summed E-state index contributed by atoms with van der Waals surface area (Å²) in [5.41, 5.74) is -0.546. The van der Waals surface area contributed by atoms with Crippen molar-refractivity contribution in [1.82, 2.24) is 0 Å². The molecule has 14 heteroatoms. The molecule has 56 heavy (non-hydrogen) atoms. The highest BCUT2D eigenvalue weighted by atomic mass is 16.8. The number of hydrogen-bond acceptors (Lipinski definition) is 14. The molecule has 4 saturated carbocycles. The van der Waals surface area contributed by atoms with Gasteiger partial charge in [-0.15, -0.1) is 0 Å². The van der Waals surface area contributed by atoms with Crippen LogP contribution < -0.4 is 0 Å². The summed E-state index contributed by atoms with van der Waals surface area (Å²) >= 11 is 0. The van der Waals surface area contributed by atoms with Gasteiger partial charge >= 0.3 is 0 Å². The Morgan fingerprint density at radius 3 is 1.89 bits per heavy atom. The van der Waals surface area contributed by atoms with Gasteiger partial charge < -0.3 is 70.0 Å². The molecule has 0 spiro atoms. The van der Waals surface area contributed by atoms with Gasteiger partial charge in [-0.05, 0) is 90.8 Å². The second kappa shape index (κ2) is 14.7. The highest BCUT2D eigenvalue weighted by Gasteiger charge is 2.70. The molecular formula is C42H70O14. The van der Waals surface area contributed by atoms with Crippen molar-refractivity contribution in [3.05, 3.63) is 11.6 Å². The number of allylic oxidation sites excluding steroid dienone is 2. The number of ether oxygens (including phenoxy) is 4. The fourth-order valence-electron chi connectivity index (χ4n) is 13.7. The Balaban J connectivity index is 1.16. The van der Waals surface area contributed by atoms with E-state index >= 15 is 0 Å². The molecule has 322 valence electrons. The summed E-state index contributed by atoms with van der Waals surface area (Å²) in [5, 5.41) is 107. The fourth-order valence-corrected chi connectivity index (χ4v) is 13.7. The first-order valence-electron chi connectivity index (χ1n) is 21.0. The van der Waals surface area contributed by atoms with Crippen LogP contribution in [0.4, 0.5) is 0 Å². The van der Waals surface area contributed by atoms with Crippen LogP contribution in [0.3, 0.4) is 0 Å². The number of aliphatic hydroxyl groups excluding tert-OH is 10. The van der Waals surface area contributed by atoms with E-state index in [1.54, 1.807) is 0 Å². The monoisotopic (exact) mass is 798 g/mol. The van der Waals surface area contributed by atoms with Gasteiger partial charge in [0.05, 0.1) is 38.1 Å². The van der Waals surface area contributed by atoms with Gasteiger partial charge in [-0.25, -0.2) is 0 Å². The maximum atomic E-state index is 11.6. The largest absolute Gasteiger partial charge is 0.396 e. The number of aliphatic hydroxyl groups is 10. The Labute approximate surface area is 330 Å². The lowest BCUT2D eigenvalue weighted by Crippen LogP contribution is -2.68. The van der Waals surface area contributed by atoms with Gasteiger partial charge in [-0.3, -0.25) is 0 Å². The third-order valence-corrected chi connectivity index (χ3v) is 17.7. The van der Waals surface area contributed by atoms with E-state index in [0.717, 1.165) is 44.9 Å². The average Bonchev–Trinajstić information content (AvgIpc) is 3.16. The molecule has 2 heterocycles. The van der Waals surface area contributed by atoms with Crippen molar-refractivity contribution in [2.45, 2.75) is 180 Å². The summed E-state index contributed by atoms with van der Waals surface area (Å²) < 4.78 is 24.3. The zero-order valence-electron chi connectivity index (χ0n) is 34.2. The first-order valence-corrected chi connectivity index (χ1v) is 21.0. The zero-order valence-corrected chi connectivity index (χ0v) is 34.2. The Kier molecular flexibility index (Phi) is 11.3. The summed E-state index contributed by atoms with van der Waals surface area (Å²) in [7, 11) is 0. The summed E-state index contributed by atoms with van der Waals surface area (Å²) in [4.78, 5) is 0. The lowest BCUT2D eigenvalue weighted by atomic mass is 9.33. The van der Waals surface area contributed by atoms with E-state index in [9.17, 15) is 51.1 Å². The number of hydrogen-bond donors (Lipinski definition) is 10. The first kappa shape index (κ1) is 43.3. The Hall–Kier alpha value is -0.820. The van der Waals surface area contributed by atoms with Crippen LogP contribution in [0.15, 0.2) is 11.6 Å². The summed E-state index contributed by atoms with van der Waals surface area (Å²) in [5.74, 6) is 0.470. The van der Waals surface area contributed by atoms with Crippen LogP contribution in [0.25, 0.3) is 0 Å². The highest BCUT2D eigenvalue weighted by Crippen LogP contribution is 2.76. The van der Waals surface area contributed by atoms with E-state index in [-0.39, 0.29) is 40.6 Å². The third kappa shape index (κ3) is 6.09. The quantitative estimate of drug-likeness (QED) is 0.126. The lowest BCUT2D eigenvalue weighted by molar-refractivity contribution is -0.379. The molecule has 14 nitrogen and oxygen atoms in total. The van der Waals surface area contributed by atoms with Gasteiger partial charge in [0.15, 0.2) is 12.6 Å². The minimum atomic E-state index is -1.78. The molecular weight excluding hydrogens is 728 g/mol. The fraction of sp³-hybridized carbons (Fsp3) is 0.952. The van der Waals surface area contributed by atoms with Crippen LogP contribution in [0.5, 0.6) is 0 Å². The van der Waals surface area contributed by atoms with Gasteiger partial charge in [-0.2, -0.15) is 0 Å². The standard InChI is InChI=1S/C42H70O14/c1-37(2)16-21-20-8-9-25-39(4)12-11-26(40(5,19-45)24(39)10-13-42(25,7)41(20,6)15-14-38(21,3)34(52)33(37)51)55-36-32(30(49)28(47)23(18-44)54-36)56-35-31(50)29(48)27(46)22(17-43)53-35/h8,21-36,43-52H,9-19H2,1-7H3/t21-,22+,23+,24+,25+,26-,27-,28+,29-,30-,31+,32+,33-,34+,35-,36-,38+,39-,40+,41+,42+/m0/s1. The van der Waals surface area contributed by atoms with Gasteiger partial charge in [0, 0.05) is 10.8 Å². The van der Waals surface area contributed by atoms with Crippen molar-refractivity contribution in [2.75, 3.05) is 19.8 Å². The molecule has 0 aromatic carbocycles. The van der Waals surface area contributed by atoms with E-state index in [1.165, 1.54) is 5.57 Å². The van der Waals surface area contributed by atoms with Crippen molar-refractivity contribution in [2.24, 2.45) is 50.2 Å². The van der Waals surface area contributed by atoms with E-state index < -0.39 is 109 Å². The molecule has 6 fully saturated rings. The van der Waals surface area contributed by atoms with Crippen LogP contribution in [-0.4, -0.2) is 151 Å². The van der Waals surface area contributed by atoms with Gasteiger partial charge in [0.2, 0.25) is 0 Å². The summed E-state index contributed by atoms with van der Waals surface area (Å²) in [6.45, 7) is 14.1. The second-order valence-corrected chi connectivity index (χ2v) is 20.8. The molecule has 0 unspecified atom stereocenters. The second-order valence-electron chi connectivity index (χ2n) is 20.8. The zero-order chi connectivity index (χ0) is 41.1. The molecule has 5 aliphatic carbocycles. The SMILES string of the molecule is CC1(C)C[C@H]2C3=CC[C@@H]4[C@@]5(C)CC[C@H](O[C@@H]6O[C@H](CO)[C@@H](O)[C@H](O)[C@H]6O[C@@H]6O[C@H](CO)[C@H](O)[C@H](O)[C@H]6O)[C@](C)(CO)[C@@H]5CC[C@@]4(C)[C@]3(C)CC[C@@]2(C)[C@H](O)[C@@H]1O. The smallest absolute Gasteiger partial charge is 0.187 e. The van der Waals surface area contributed by atoms with Crippen LogP contribution in [-0.2, 0) is 18.9 Å². The number of rotatable bonds is 7. The summed E-state index contributed by atoms with van der Waals surface area (Å²) in [6.07, 6.45) is -8.76. The summed E-state index contributed by atoms with van der Waals surface area (Å²) in [6, 6.07) is 0. The van der Waals surface area contributed by atoms with E-state index in [4.69, 9.17) is 18.9 Å². The van der Waals surface area contributed by atoms with Gasteiger partial charge in [0.25, 0.3) is 0 Å². The molecule has 2 aliphatic heterocycles. The third-order valence-electron chi connectivity index (χ3n) is 17.7. The molecule has 2 saturated heterocycles. The van der Waals surface area contributed by atoms with Crippen molar-refractivity contribution in [3.63, 3.8) is 0 Å². The van der Waals surface area contributed by atoms with Crippen molar-refractivity contribution in [3.8, 4) is 0 Å². The molecule has 21 atom stereocenters. The molecule has 0 radical (unpaired) electrons. The Morgan fingerprint density at radius 1 is 0.643 bits per heavy atom. The topological polar surface area (TPSA) is 239 Å². The minimum absolute atomic E-state index is 0.0207. The highest BCUT2D eigenvalue weighted by molar-refractivity contribution is 5.34. The number of fused-ring (bicyclic) bond motifs is 7. The Bertz CT molecular complexity index is 1480. The predicted molar refractivity (Wildman–Crippen MR) is 200 cm³/mol. The van der Waals surface area contributed by atoms with Crippen LogP contribution in [0.1, 0.15) is 99.8 Å². The maximum absolute atomic E-state index is 11.6. The molecule has 7 rings (SSSR count). The van der Waals surface area contributed by atoms with Crippen molar-refractivity contribution >= 4 is 0 Å². The van der Waals surface area contributed by atoms with Gasteiger partial charge in [0.1, 0.15) is 48.8 Å². The first-order chi connectivity index (χ1) is 26.1.